The van der Waals surface area contributed by atoms with Crippen LogP contribution in [0, 0.1) is 6.92 Å². The van der Waals surface area contributed by atoms with Crippen LogP contribution in [0.4, 0.5) is 0 Å². The van der Waals surface area contributed by atoms with Gasteiger partial charge in [0.25, 0.3) is 0 Å². The summed E-state index contributed by atoms with van der Waals surface area (Å²) in [6.45, 7) is 6.09. The first kappa shape index (κ1) is 20.2. The summed E-state index contributed by atoms with van der Waals surface area (Å²) >= 11 is 0. The highest BCUT2D eigenvalue weighted by Crippen LogP contribution is 2.26. The van der Waals surface area contributed by atoms with E-state index in [4.69, 9.17) is 4.74 Å². The number of rotatable bonds is 5. The molecule has 0 bridgehead atoms. The maximum absolute atomic E-state index is 12.4. The third kappa shape index (κ3) is 4.75. The van der Waals surface area contributed by atoms with Gasteiger partial charge in [-0.25, -0.2) is 8.42 Å². The van der Waals surface area contributed by atoms with Crippen LogP contribution in [0.15, 0.2) is 18.2 Å². The van der Waals surface area contributed by atoms with E-state index in [2.05, 4.69) is 5.32 Å². The molecule has 0 aliphatic carbocycles. The Labute approximate surface area is 154 Å². The van der Waals surface area contributed by atoms with Gasteiger partial charge in [-0.05, 0) is 33.3 Å². The Kier molecular flexibility index (Phi) is 6.28. The summed E-state index contributed by atoms with van der Waals surface area (Å²) < 4.78 is 28.8. The summed E-state index contributed by atoms with van der Waals surface area (Å²) in [5, 5.41) is 2.69. The van der Waals surface area contributed by atoms with Gasteiger partial charge in [-0.15, -0.1) is 0 Å². The van der Waals surface area contributed by atoms with Gasteiger partial charge in [0, 0.05) is 18.7 Å². The molecule has 2 rings (SSSR count). The van der Waals surface area contributed by atoms with E-state index >= 15 is 0 Å². The van der Waals surface area contributed by atoms with Crippen molar-refractivity contribution in [2.45, 2.75) is 39.3 Å². The molecule has 0 spiro atoms. The quantitative estimate of drug-likeness (QED) is 0.773. The molecular formula is C18H26N2O5S. The Hall–Kier alpha value is -2.09. The van der Waals surface area contributed by atoms with Crippen LogP contribution in [0.3, 0.4) is 0 Å². The summed E-state index contributed by atoms with van der Waals surface area (Å²) in [7, 11) is -1.66. The van der Waals surface area contributed by atoms with Gasteiger partial charge in [-0.2, -0.15) is 0 Å². The predicted molar refractivity (Wildman–Crippen MR) is 98.7 cm³/mol. The number of carbonyl (C=O) groups excluding carboxylic acids is 2. The Bertz CT molecular complexity index is 791. The van der Waals surface area contributed by atoms with Crippen molar-refractivity contribution in [2.75, 3.05) is 25.2 Å². The van der Waals surface area contributed by atoms with E-state index < -0.39 is 33.7 Å². The fourth-order valence-corrected chi connectivity index (χ4v) is 4.81. The highest BCUT2D eigenvalue weighted by atomic mass is 32.2. The number of aryl methyl sites for hydroxylation is 1. The molecule has 1 heterocycles. The second kappa shape index (κ2) is 8.07. The molecular weight excluding hydrogens is 356 g/mol. The third-order valence-corrected chi connectivity index (χ3v) is 6.30. The van der Waals surface area contributed by atoms with E-state index in [-0.39, 0.29) is 11.5 Å². The highest BCUT2D eigenvalue weighted by molar-refractivity contribution is 7.91. The molecule has 1 aromatic carbocycles. The fourth-order valence-electron chi connectivity index (χ4n) is 3.04. The SMILES string of the molecule is CCOc1ccc(C)cc1C(C)NC(=O)C(=O)N(C)C1CCS(=O)(=O)C1. The van der Waals surface area contributed by atoms with Crippen molar-refractivity contribution >= 4 is 21.7 Å². The van der Waals surface area contributed by atoms with Gasteiger partial charge in [0.15, 0.2) is 9.84 Å². The number of hydrogen-bond acceptors (Lipinski definition) is 5. The number of likely N-dealkylation sites (N-methyl/N-ethyl adjacent to an activating group) is 1. The molecule has 1 saturated heterocycles. The molecule has 2 amide bonds. The smallest absolute Gasteiger partial charge is 0.311 e. The first-order valence-corrected chi connectivity index (χ1v) is 10.5. The van der Waals surface area contributed by atoms with Gasteiger partial charge < -0.3 is 15.0 Å². The van der Waals surface area contributed by atoms with Crippen LogP contribution in [0.5, 0.6) is 5.75 Å². The Morgan fingerprint density at radius 2 is 2.08 bits per heavy atom. The van der Waals surface area contributed by atoms with E-state index in [1.165, 1.54) is 11.9 Å². The fraction of sp³-hybridized carbons (Fsp3) is 0.556. The summed E-state index contributed by atoms with van der Waals surface area (Å²) in [6, 6.07) is 4.80. The largest absolute Gasteiger partial charge is 0.494 e. The molecule has 1 aromatic rings. The summed E-state index contributed by atoms with van der Waals surface area (Å²) in [5.74, 6) is -0.870. The van der Waals surface area contributed by atoms with Crippen molar-refractivity contribution in [3.63, 3.8) is 0 Å². The zero-order valence-electron chi connectivity index (χ0n) is 15.6. The van der Waals surface area contributed by atoms with Crippen LogP contribution < -0.4 is 10.1 Å². The van der Waals surface area contributed by atoms with E-state index in [0.717, 1.165) is 11.1 Å². The van der Waals surface area contributed by atoms with Crippen LogP contribution in [0.2, 0.25) is 0 Å². The number of ether oxygens (including phenoxy) is 1. The molecule has 1 N–H and O–H groups in total. The van der Waals surface area contributed by atoms with Gasteiger partial charge in [-0.3, -0.25) is 9.59 Å². The number of sulfone groups is 1. The molecule has 2 unspecified atom stereocenters. The summed E-state index contributed by atoms with van der Waals surface area (Å²) in [4.78, 5) is 25.9. The van der Waals surface area contributed by atoms with Crippen molar-refractivity contribution in [3.8, 4) is 5.75 Å². The molecule has 1 aliphatic rings. The lowest BCUT2D eigenvalue weighted by Gasteiger charge is -2.24. The summed E-state index contributed by atoms with van der Waals surface area (Å²) in [6.07, 6.45) is 0.361. The Balaban J connectivity index is 2.07. The van der Waals surface area contributed by atoms with Crippen LogP contribution >= 0.6 is 0 Å². The Morgan fingerprint density at radius 1 is 1.38 bits per heavy atom. The zero-order chi connectivity index (χ0) is 19.5. The average Bonchev–Trinajstić information content (AvgIpc) is 2.95. The van der Waals surface area contributed by atoms with Crippen LogP contribution in [0.25, 0.3) is 0 Å². The molecule has 2 atom stereocenters. The van der Waals surface area contributed by atoms with Gasteiger partial charge in [0.05, 0.1) is 24.2 Å². The molecule has 1 fully saturated rings. The second-order valence-electron chi connectivity index (χ2n) is 6.64. The van der Waals surface area contributed by atoms with Crippen LogP contribution in [0.1, 0.15) is 37.4 Å². The average molecular weight is 382 g/mol. The van der Waals surface area contributed by atoms with Crippen molar-refractivity contribution in [2.24, 2.45) is 0 Å². The minimum atomic E-state index is -3.12. The van der Waals surface area contributed by atoms with Crippen LogP contribution in [-0.2, 0) is 19.4 Å². The minimum Gasteiger partial charge on any atom is -0.494 e. The molecule has 0 radical (unpaired) electrons. The molecule has 144 valence electrons. The van der Waals surface area contributed by atoms with Crippen LogP contribution in [-0.4, -0.2) is 56.3 Å². The number of amides is 2. The maximum atomic E-state index is 12.4. The first-order chi connectivity index (χ1) is 12.1. The van der Waals surface area contributed by atoms with E-state index in [9.17, 15) is 18.0 Å². The molecule has 7 nitrogen and oxygen atoms in total. The standard InChI is InChI=1S/C18H26N2O5S/c1-5-25-16-7-6-12(2)10-15(16)13(3)19-17(21)18(22)20(4)14-8-9-26(23,24)11-14/h6-7,10,13-14H,5,8-9,11H2,1-4H3,(H,19,21). The van der Waals surface area contributed by atoms with Crippen molar-refractivity contribution in [3.05, 3.63) is 29.3 Å². The minimum absolute atomic E-state index is 0.0499. The normalized spacial score (nSPS) is 19.6. The molecule has 1 aliphatic heterocycles. The number of nitrogens with one attached hydrogen (secondary N) is 1. The molecule has 0 saturated carbocycles. The molecule has 26 heavy (non-hydrogen) atoms. The van der Waals surface area contributed by atoms with Gasteiger partial charge >= 0.3 is 11.8 Å². The van der Waals surface area contributed by atoms with Gasteiger partial charge in [0.2, 0.25) is 0 Å². The van der Waals surface area contributed by atoms with Crippen molar-refractivity contribution in [1.29, 1.82) is 0 Å². The first-order valence-electron chi connectivity index (χ1n) is 8.66. The highest BCUT2D eigenvalue weighted by Gasteiger charge is 2.35. The van der Waals surface area contributed by atoms with Gasteiger partial charge in [-0.1, -0.05) is 17.7 Å². The maximum Gasteiger partial charge on any atom is 0.311 e. The number of hydrogen-bond donors (Lipinski definition) is 1. The number of carbonyl (C=O) groups is 2. The lowest BCUT2D eigenvalue weighted by atomic mass is 10.0. The monoisotopic (exact) mass is 382 g/mol. The molecule has 0 aromatic heterocycles. The Morgan fingerprint density at radius 3 is 2.65 bits per heavy atom. The summed E-state index contributed by atoms with van der Waals surface area (Å²) in [5.41, 5.74) is 1.81. The number of nitrogens with zero attached hydrogens (tertiary/aromatic N) is 1. The van der Waals surface area contributed by atoms with E-state index in [1.54, 1.807) is 6.92 Å². The zero-order valence-corrected chi connectivity index (χ0v) is 16.4. The predicted octanol–water partition coefficient (Wildman–Crippen LogP) is 1.22. The van der Waals surface area contributed by atoms with E-state index in [0.29, 0.717) is 18.8 Å². The van der Waals surface area contributed by atoms with Crippen molar-refractivity contribution < 1.29 is 22.7 Å². The second-order valence-corrected chi connectivity index (χ2v) is 8.87. The number of benzene rings is 1. The molecule has 8 heteroatoms. The third-order valence-electron chi connectivity index (χ3n) is 4.55. The van der Waals surface area contributed by atoms with E-state index in [1.807, 2.05) is 32.0 Å². The topological polar surface area (TPSA) is 92.8 Å². The van der Waals surface area contributed by atoms with Gasteiger partial charge in [0.1, 0.15) is 5.75 Å². The lowest BCUT2D eigenvalue weighted by Crippen LogP contribution is -2.46. The van der Waals surface area contributed by atoms with Crippen molar-refractivity contribution in [1.82, 2.24) is 10.2 Å². The lowest BCUT2D eigenvalue weighted by molar-refractivity contribution is -0.146.